The Morgan fingerprint density at radius 3 is 2.59 bits per heavy atom. The van der Waals surface area contributed by atoms with E-state index in [1.54, 1.807) is 0 Å². The molecule has 0 bridgehead atoms. The van der Waals surface area contributed by atoms with Crippen molar-refractivity contribution in [1.82, 2.24) is 10.2 Å². The largest absolute Gasteiger partial charge is 0.314 e. The molecule has 100 valence electrons. The molecule has 0 amide bonds. The summed E-state index contributed by atoms with van der Waals surface area (Å²) in [5.74, 6) is 0.712. The normalized spacial score (nSPS) is 30.2. The first-order chi connectivity index (χ1) is 8.16. The van der Waals surface area contributed by atoms with Crippen LogP contribution in [0.3, 0.4) is 0 Å². The van der Waals surface area contributed by atoms with E-state index in [-0.39, 0.29) is 0 Å². The molecule has 0 aliphatic carbocycles. The third-order valence-corrected chi connectivity index (χ3v) is 5.49. The maximum Gasteiger partial charge on any atom is 0.152 e. The lowest BCUT2D eigenvalue weighted by atomic mass is 10.0. The topological polar surface area (TPSA) is 49.4 Å². The summed E-state index contributed by atoms with van der Waals surface area (Å²) in [7, 11) is -2.72. The molecule has 1 atom stereocenters. The van der Waals surface area contributed by atoms with Crippen LogP contribution in [0.25, 0.3) is 0 Å². The lowest BCUT2D eigenvalue weighted by Crippen LogP contribution is -2.41. The fourth-order valence-corrected chi connectivity index (χ4v) is 3.98. The first kappa shape index (κ1) is 13.3. The summed E-state index contributed by atoms with van der Waals surface area (Å²) in [5, 5.41) is 3.56. The van der Waals surface area contributed by atoms with Gasteiger partial charge in [-0.25, -0.2) is 8.42 Å². The predicted molar refractivity (Wildman–Crippen MR) is 70.0 cm³/mol. The van der Waals surface area contributed by atoms with Gasteiger partial charge in [0.25, 0.3) is 0 Å². The van der Waals surface area contributed by atoms with Crippen LogP contribution in [0.2, 0.25) is 0 Å². The van der Waals surface area contributed by atoms with Crippen molar-refractivity contribution in [2.75, 3.05) is 37.7 Å². The van der Waals surface area contributed by atoms with Crippen molar-refractivity contribution < 1.29 is 8.42 Å². The van der Waals surface area contributed by atoms with E-state index >= 15 is 0 Å². The summed E-state index contributed by atoms with van der Waals surface area (Å²) in [4.78, 5) is 2.30. The van der Waals surface area contributed by atoms with E-state index in [0.29, 0.717) is 17.5 Å². The number of sulfone groups is 1. The van der Waals surface area contributed by atoms with Gasteiger partial charge in [0.2, 0.25) is 0 Å². The molecule has 0 spiro atoms. The first-order valence-electron chi connectivity index (χ1n) is 6.82. The van der Waals surface area contributed by atoms with E-state index in [1.807, 2.05) is 0 Å². The van der Waals surface area contributed by atoms with Crippen LogP contribution in [0.15, 0.2) is 0 Å². The van der Waals surface area contributed by atoms with Crippen molar-refractivity contribution in [1.29, 1.82) is 0 Å². The maximum atomic E-state index is 11.3. The van der Waals surface area contributed by atoms with Gasteiger partial charge in [-0.3, -0.25) is 0 Å². The highest BCUT2D eigenvalue weighted by molar-refractivity contribution is 7.91. The molecule has 0 aromatic carbocycles. The van der Waals surface area contributed by atoms with Crippen molar-refractivity contribution >= 4 is 9.84 Å². The minimum absolute atomic E-state index is 0.356. The van der Waals surface area contributed by atoms with Gasteiger partial charge in [0.1, 0.15) is 0 Å². The SMILES string of the molecule is O=S1(=O)CCN(CCCC2CCCCN2)CC1. The Labute approximate surface area is 105 Å². The number of hydrogen-bond donors (Lipinski definition) is 1. The van der Waals surface area contributed by atoms with E-state index in [4.69, 9.17) is 0 Å². The fourth-order valence-electron chi connectivity index (χ4n) is 2.71. The van der Waals surface area contributed by atoms with Crippen LogP contribution < -0.4 is 5.32 Å². The smallest absolute Gasteiger partial charge is 0.152 e. The molecule has 2 aliphatic rings. The minimum atomic E-state index is -2.72. The Kier molecular flexibility index (Phi) is 4.82. The molecule has 2 saturated heterocycles. The zero-order valence-corrected chi connectivity index (χ0v) is 11.3. The predicted octanol–water partition coefficient (Wildman–Crippen LogP) is 0.639. The maximum absolute atomic E-state index is 11.3. The van der Waals surface area contributed by atoms with Crippen molar-refractivity contribution in [3.8, 4) is 0 Å². The van der Waals surface area contributed by atoms with E-state index in [9.17, 15) is 8.42 Å². The van der Waals surface area contributed by atoms with Crippen LogP contribution in [0, 0.1) is 0 Å². The second-order valence-corrected chi connectivity index (χ2v) is 7.59. The van der Waals surface area contributed by atoms with Crippen LogP contribution in [-0.2, 0) is 9.84 Å². The van der Waals surface area contributed by atoms with Crippen LogP contribution >= 0.6 is 0 Å². The second kappa shape index (κ2) is 6.16. The average Bonchev–Trinajstić information content (AvgIpc) is 2.33. The van der Waals surface area contributed by atoms with Gasteiger partial charge < -0.3 is 10.2 Å². The molecule has 2 aliphatic heterocycles. The van der Waals surface area contributed by atoms with Gasteiger partial charge in [-0.2, -0.15) is 0 Å². The van der Waals surface area contributed by atoms with Gasteiger partial charge in [-0.1, -0.05) is 6.42 Å². The summed E-state index contributed by atoms with van der Waals surface area (Å²) in [6, 6.07) is 0.706. The van der Waals surface area contributed by atoms with Gasteiger partial charge in [-0.15, -0.1) is 0 Å². The highest BCUT2D eigenvalue weighted by Crippen LogP contribution is 2.12. The number of rotatable bonds is 4. The average molecular weight is 260 g/mol. The van der Waals surface area contributed by atoms with Crippen molar-refractivity contribution in [2.45, 2.75) is 38.1 Å². The van der Waals surface area contributed by atoms with Gasteiger partial charge in [-0.05, 0) is 38.8 Å². The molecule has 0 aromatic rings. The molecule has 2 rings (SSSR count). The molecule has 17 heavy (non-hydrogen) atoms. The molecular formula is C12H24N2O2S. The Hall–Kier alpha value is -0.130. The molecular weight excluding hydrogens is 236 g/mol. The van der Waals surface area contributed by atoms with Crippen LogP contribution in [0.1, 0.15) is 32.1 Å². The van der Waals surface area contributed by atoms with Gasteiger partial charge >= 0.3 is 0 Å². The Morgan fingerprint density at radius 2 is 1.94 bits per heavy atom. The van der Waals surface area contributed by atoms with E-state index in [2.05, 4.69) is 10.2 Å². The van der Waals surface area contributed by atoms with Gasteiger partial charge in [0.15, 0.2) is 9.84 Å². The first-order valence-corrected chi connectivity index (χ1v) is 8.64. The summed E-state index contributed by atoms with van der Waals surface area (Å²) >= 11 is 0. The van der Waals surface area contributed by atoms with Crippen molar-refractivity contribution in [3.05, 3.63) is 0 Å². The molecule has 1 N–H and O–H groups in total. The molecule has 2 fully saturated rings. The van der Waals surface area contributed by atoms with Crippen LogP contribution in [0.4, 0.5) is 0 Å². The minimum Gasteiger partial charge on any atom is -0.314 e. The van der Waals surface area contributed by atoms with Crippen LogP contribution in [-0.4, -0.2) is 57.0 Å². The summed E-state index contributed by atoms with van der Waals surface area (Å²) in [6.45, 7) is 3.71. The summed E-state index contributed by atoms with van der Waals surface area (Å²) < 4.78 is 22.6. The number of nitrogens with zero attached hydrogens (tertiary/aromatic N) is 1. The number of hydrogen-bond acceptors (Lipinski definition) is 4. The lowest BCUT2D eigenvalue weighted by molar-refractivity contribution is 0.275. The third-order valence-electron chi connectivity index (χ3n) is 3.88. The zero-order chi connectivity index (χ0) is 12.1. The second-order valence-electron chi connectivity index (χ2n) is 5.28. The Morgan fingerprint density at radius 1 is 1.18 bits per heavy atom. The molecule has 5 heteroatoms. The molecule has 0 radical (unpaired) electrons. The van der Waals surface area contributed by atoms with Crippen LogP contribution in [0.5, 0.6) is 0 Å². The molecule has 1 unspecified atom stereocenters. The summed E-state index contributed by atoms with van der Waals surface area (Å²) in [6.07, 6.45) is 6.43. The zero-order valence-electron chi connectivity index (χ0n) is 10.5. The van der Waals surface area contributed by atoms with Crippen molar-refractivity contribution in [2.24, 2.45) is 0 Å². The van der Waals surface area contributed by atoms with Gasteiger partial charge in [0.05, 0.1) is 11.5 Å². The third kappa shape index (κ3) is 4.56. The van der Waals surface area contributed by atoms with Crippen molar-refractivity contribution in [3.63, 3.8) is 0 Å². The standard InChI is InChI=1S/C12H24N2O2S/c15-17(16)10-8-14(9-11-17)7-3-5-12-4-1-2-6-13-12/h12-13H,1-11H2. The molecule has 2 heterocycles. The number of piperidine rings is 1. The quantitative estimate of drug-likeness (QED) is 0.806. The molecule has 0 aromatic heterocycles. The molecule has 4 nitrogen and oxygen atoms in total. The summed E-state index contributed by atoms with van der Waals surface area (Å²) in [5.41, 5.74) is 0. The highest BCUT2D eigenvalue weighted by Gasteiger charge is 2.21. The molecule has 0 saturated carbocycles. The highest BCUT2D eigenvalue weighted by atomic mass is 32.2. The lowest BCUT2D eigenvalue weighted by Gasteiger charge is -2.28. The Bertz CT molecular complexity index is 309. The monoisotopic (exact) mass is 260 g/mol. The fraction of sp³-hybridized carbons (Fsp3) is 1.00. The Balaban J connectivity index is 1.59. The van der Waals surface area contributed by atoms with E-state index in [0.717, 1.165) is 19.6 Å². The number of nitrogens with one attached hydrogen (secondary N) is 1. The van der Waals surface area contributed by atoms with E-state index in [1.165, 1.54) is 38.6 Å². The van der Waals surface area contributed by atoms with E-state index < -0.39 is 9.84 Å². The van der Waals surface area contributed by atoms with Gasteiger partial charge in [0, 0.05) is 19.1 Å².